The molecule has 0 spiro atoms. The Morgan fingerprint density at radius 2 is 2.18 bits per heavy atom. The van der Waals surface area contributed by atoms with E-state index in [0.29, 0.717) is 0 Å². The fourth-order valence-corrected chi connectivity index (χ4v) is 1.47. The average molecular weight is 172 g/mol. The summed E-state index contributed by atoms with van der Waals surface area (Å²) in [5, 5.41) is 0. The molecule has 60 valence electrons. The Labute approximate surface area is 65.0 Å². The largest absolute Gasteiger partial charge is 0.383 e. The van der Waals surface area contributed by atoms with Crippen molar-refractivity contribution >= 4 is 15.7 Å². The zero-order chi connectivity index (χ0) is 8.48. The van der Waals surface area contributed by atoms with Gasteiger partial charge in [0.2, 0.25) is 0 Å². The van der Waals surface area contributed by atoms with Crippen LogP contribution in [0.1, 0.15) is 0 Å². The summed E-state index contributed by atoms with van der Waals surface area (Å²) in [6, 6.07) is 2.96. The summed E-state index contributed by atoms with van der Waals surface area (Å²) in [7, 11) is -3.22. The monoisotopic (exact) mass is 172 g/mol. The second kappa shape index (κ2) is 2.50. The van der Waals surface area contributed by atoms with Crippen LogP contribution in [0.25, 0.3) is 0 Å². The number of hydrogen-bond acceptors (Lipinski definition) is 4. The molecule has 1 aromatic rings. The van der Waals surface area contributed by atoms with Gasteiger partial charge in [0.15, 0.2) is 9.84 Å². The van der Waals surface area contributed by atoms with Crippen molar-refractivity contribution in [3.8, 4) is 0 Å². The molecule has 0 unspecified atom stereocenters. The standard InChI is InChI=1S/C6H8N2O2S/c1-11(9,10)5-3-2-4-8-6(5)7/h2-4H,1H3,(H2,7,8). The highest BCUT2D eigenvalue weighted by molar-refractivity contribution is 7.90. The number of hydrogen-bond donors (Lipinski definition) is 1. The van der Waals surface area contributed by atoms with Crippen molar-refractivity contribution in [3.63, 3.8) is 0 Å². The third-order valence-electron chi connectivity index (χ3n) is 1.20. The van der Waals surface area contributed by atoms with Gasteiger partial charge in [-0.05, 0) is 12.1 Å². The minimum atomic E-state index is -3.22. The number of nitrogen functional groups attached to an aromatic ring is 1. The van der Waals surface area contributed by atoms with E-state index in [2.05, 4.69) is 4.98 Å². The smallest absolute Gasteiger partial charge is 0.179 e. The molecule has 0 saturated heterocycles. The van der Waals surface area contributed by atoms with Gasteiger partial charge in [-0.3, -0.25) is 0 Å². The molecule has 5 heteroatoms. The number of aromatic nitrogens is 1. The molecular formula is C6H8N2O2S. The van der Waals surface area contributed by atoms with Gasteiger partial charge >= 0.3 is 0 Å². The summed E-state index contributed by atoms with van der Waals surface area (Å²) in [6.45, 7) is 0. The van der Waals surface area contributed by atoms with Crippen molar-refractivity contribution in [2.24, 2.45) is 0 Å². The molecule has 4 nitrogen and oxygen atoms in total. The predicted molar refractivity (Wildman–Crippen MR) is 41.8 cm³/mol. The molecule has 0 aliphatic heterocycles. The normalized spacial score (nSPS) is 11.4. The Balaban J connectivity index is 3.37. The number of sulfone groups is 1. The molecular weight excluding hydrogens is 164 g/mol. The highest BCUT2D eigenvalue weighted by Gasteiger charge is 2.10. The van der Waals surface area contributed by atoms with E-state index in [-0.39, 0.29) is 10.7 Å². The minimum absolute atomic E-state index is 0.0509. The van der Waals surface area contributed by atoms with Gasteiger partial charge in [-0.2, -0.15) is 0 Å². The van der Waals surface area contributed by atoms with Crippen molar-refractivity contribution in [1.29, 1.82) is 0 Å². The van der Waals surface area contributed by atoms with Crippen LogP contribution in [0.15, 0.2) is 23.2 Å². The number of nitrogens with zero attached hydrogens (tertiary/aromatic N) is 1. The molecule has 1 rings (SSSR count). The second-order valence-corrected chi connectivity index (χ2v) is 4.14. The van der Waals surface area contributed by atoms with E-state index in [1.165, 1.54) is 18.3 Å². The average Bonchev–Trinajstić information content (AvgIpc) is 1.86. The van der Waals surface area contributed by atoms with Crippen LogP contribution in [0.2, 0.25) is 0 Å². The van der Waals surface area contributed by atoms with Gasteiger partial charge < -0.3 is 5.73 Å². The van der Waals surface area contributed by atoms with Gasteiger partial charge in [-0.15, -0.1) is 0 Å². The third-order valence-corrected chi connectivity index (χ3v) is 2.34. The summed E-state index contributed by atoms with van der Waals surface area (Å²) < 4.78 is 21.9. The summed E-state index contributed by atoms with van der Waals surface area (Å²) in [6.07, 6.45) is 2.55. The van der Waals surface area contributed by atoms with E-state index in [1.807, 2.05) is 0 Å². The van der Waals surface area contributed by atoms with Crippen LogP contribution in [0, 0.1) is 0 Å². The molecule has 0 aliphatic carbocycles. The fourth-order valence-electron chi connectivity index (χ4n) is 0.716. The number of pyridine rings is 1. The van der Waals surface area contributed by atoms with Gasteiger partial charge in [-0.25, -0.2) is 13.4 Å². The minimum Gasteiger partial charge on any atom is -0.383 e. The summed E-state index contributed by atoms with van der Waals surface area (Å²) in [4.78, 5) is 3.73. The van der Waals surface area contributed by atoms with Crippen molar-refractivity contribution in [2.75, 3.05) is 12.0 Å². The van der Waals surface area contributed by atoms with Crippen LogP contribution in [0.5, 0.6) is 0 Å². The molecule has 0 saturated carbocycles. The van der Waals surface area contributed by atoms with Gasteiger partial charge in [0, 0.05) is 12.5 Å². The van der Waals surface area contributed by atoms with Crippen LogP contribution < -0.4 is 5.73 Å². The Morgan fingerprint density at radius 1 is 1.55 bits per heavy atom. The first kappa shape index (κ1) is 8.00. The lowest BCUT2D eigenvalue weighted by Crippen LogP contribution is -2.03. The fraction of sp³-hybridized carbons (Fsp3) is 0.167. The quantitative estimate of drug-likeness (QED) is 0.650. The SMILES string of the molecule is CS(=O)(=O)c1cccnc1N. The first-order chi connectivity index (χ1) is 5.02. The molecule has 2 N–H and O–H groups in total. The van der Waals surface area contributed by atoms with E-state index < -0.39 is 9.84 Å². The molecule has 0 aliphatic rings. The van der Waals surface area contributed by atoms with Crippen molar-refractivity contribution < 1.29 is 8.42 Å². The third kappa shape index (κ3) is 1.68. The van der Waals surface area contributed by atoms with Crippen LogP contribution in [0.3, 0.4) is 0 Å². The molecule has 0 amide bonds. The Morgan fingerprint density at radius 3 is 2.55 bits per heavy atom. The molecule has 0 atom stereocenters. The highest BCUT2D eigenvalue weighted by Crippen LogP contribution is 2.13. The van der Waals surface area contributed by atoms with E-state index in [0.717, 1.165) is 6.26 Å². The lowest BCUT2D eigenvalue weighted by molar-refractivity contribution is 0.602. The van der Waals surface area contributed by atoms with Crippen LogP contribution in [-0.4, -0.2) is 19.7 Å². The van der Waals surface area contributed by atoms with Crippen molar-refractivity contribution in [3.05, 3.63) is 18.3 Å². The topological polar surface area (TPSA) is 73.0 Å². The first-order valence-corrected chi connectivity index (χ1v) is 4.81. The summed E-state index contributed by atoms with van der Waals surface area (Å²) in [5.41, 5.74) is 5.32. The van der Waals surface area contributed by atoms with E-state index in [9.17, 15) is 8.42 Å². The van der Waals surface area contributed by atoms with Crippen molar-refractivity contribution in [1.82, 2.24) is 4.98 Å². The maximum absolute atomic E-state index is 10.9. The Bertz CT molecular complexity index is 359. The number of nitrogens with two attached hydrogens (primary N) is 1. The molecule has 0 aromatic carbocycles. The number of anilines is 1. The maximum Gasteiger partial charge on any atom is 0.179 e. The summed E-state index contributed by atoms with van der Waals surface area (Å²) >= 11 is 0. The molecule has 11 heavy (non-hydrogen) atoms. The Kier molecular flexibility index (Phi) is 1.82. The molecule has 0 fully saturated rings. The molecule has 1 heterocycles. The lowest BCUT2D eigenvalue weighted by Gasteiger charge is -1.99. The van der Waals surface area contributed by atoms with E-state index >= 15 is 0 Å². The maximum atomic E-state index is 10.9. The predicted octanol–water partition coefficient (Wildman–Crippen LogP) is 0.0673. The molecule has 0 radical (unpaired) electrons. The summed E-state index contributed by atoms with van der Waals surface area (Å²) in [5.74, 6) is 0.0509. The number of rotatable bonds is 1. The van der Waals surface area contributed by atoms with Crippen molar-refractivity contribution in [2.45, 2.75) is 4.90 Å². The zero-order valence-corrected chi connectivity index (χ0v) is 6.80. The molecule has 0 bridgehead atoms. The zero-order valence-electron chi connectivity index (χ0n) is 5.98. The van der Waals surface area contributed by atoms with Crippen LogP contribution in [-0.2, 0) is 9.84 Å². The second-order valence-electron chi connectivity index (χ2n) is 2.16. The van der Waals surface area contributed by atoms with E-state index in [4.69, 9.17) is 5.73 Å². The Hall–Kier alpha value is -1.10. The lowest BCUT2D eigenvalue weighted by atomic mass is 10.5. The van der Waals surface area contributed by atoms with Gasteiger partial charge in [-0.1, -0.05) is 0 Å². The first-order valence-electron chi connectivity index (χ1n) is 2.92. The van der Waals surface area contributed by atoms with Gasteiger partial charge in [0.1, 0.15) is 10.7 Å². The van der Waals surface area contributed by atoms with Crippen LogP contribution >= 0.6 is 0 Å². The van der Waals surface area contributed by atoms with E-state index in [1.54, 1.807) is 0 Å². The van der Waals surface area contributed by atoms with Gasteiger partial charge in [0.25, 0.3) is 0 Å². The van der Waals surface area contributed by atoms with Crippen LogP contribution in [0.4, 0.5) is 5.82 Å². The van der Waals surface area contributed by atoms with Gasteiger partial charge in [0.05, 0.1) is 0 Å². The highest BCUT2D eigenvalue weighted by atomic mass is 32.2. The molecule has 1 aromatic heterocycles.